The Balaban J connectivity index is 1.67. The Labute approximate surface area is 252 Å². The van der Waals surface area contributed by atoms with Crippen LogP contribution in [0.25, 0.3) is 21.8 Å². The molecule has 0 radical (unpaired) electrons. The zero-order valence-electron chi connectivity index (χ0n) is 23.0. The zero-order chi connectivity index (χ0) is 30.2. The van der Waals surface area contributed by atoms with Gasteiger partial charge in [-0.1, -0.05) is 44.0 Å². The van der Waals surface area contributed by atoms with Crippen molar-refractivity contribution in [1.29, 1.82) is 0 Å². The van der Waals surface area contributed by atoms with E-state index in [1.54, 1.807) is 63.4 Å². The van der Waals surface area contributed by atoms with Crippen molar-refractivity contribution < 1.29 is 28.7 Å². The van der Waals surface area contributed by atoms with Crippen LogP contribution in [0.5, 0.6) is 0 Å². The summed E-state index contributed by atoms with van der Waals surface area (Å²) in [6.45, 7) is 7.74. The molecule has 2 N–H and O–H groups in total. The van der Waals surface area contributed by atoms with Crippen molar-refractivity contribution >= 4 is 83.3 Å². The summed E-state index contributed by atoms with van der Waals surface area (Å²) >= 11 is 6.78. The molecule has 4 rings (SSSR count). The number of nitrogens with zero attached hydrogens (tertiary/aromatic N) is 2. The monoisotopic (exact) mass is 686 g/mol. The van der Waals surface area contributed by atoms with Gasteiger partial charge in [0.1, 0.15) is 5.60 Å². The number of carbonyl (C=O) groups excluding carboxylic acids is 5. The quantitative estimate of drug-likeness (QED) is 0.189. The van der Waals surface area contributed by atoms with Crippen molar-refractivity contribution in [3.8, 4) is 0 Å². The SMILES string of the molecule is CC(=O)n1cc(C(=O)C(=O)NC[C@@H](NC(=O)OC(C)(C)C)c2cn(C(C)=O)c3cc(Br)ccc23)c2ccc(Br)cc21. The Bertz CT molecular complexity index is 1730. The average molecular weight is 688 g/mol. The molecule has 10 nitrogen and oxygen atoms in total. The maximum absolute atomic E-state index is 13.3. The van der Waals surface area contributed by atoms with Crippen LogP contribution in [0.1, 0.15) is 66.2 Å². The normalized spacial score (nSPS) is 12.3. The number of ketones is 1. The van der Waals surface area contributed by atoms with Gasteiger partial charge in [-0.2, -0.15) is 0 Å². The lowest BCUT2D eigenvalue weighted by atomic mass is 10.1. The summed E-state index contributed by atoms with van der Waals surface area (Å²) < 4.78 is 9.65. The molecule has 4 aromatic rings. The third kappa shape index (κ3) is 6.59. The highest BCUT2D eigenvalue weighted by Gasteiger charge is 2.27. The number of benzene rings is 2. The van der Waals surface area contributed by atoms with E-state index in [-0.39, 0.29) is 23.9 Å². The van der Waals surface area contributed by atoms with E-state index in [0.717, 1.165) is 4.47 Å². The Morgan fingerprint density at radius 2 is 1.39 bits per heavy atom. The Morgan fingerprint density at radius 3 is 1.95 bits per heavy atom. The predicted molar refractivity (Wildman–Crippen MR) is 161 cm³/mol. The summed E-state index contributed by atoms with van der Waals surface area (Å²) in [6, 6.07) is 9.56. The molecule has 0 fully saturated rings. The van der Waals surface area contributed by atoms with Gasteiger partial charge in [0.2, 0.25) is 11.8 Å². The summed E-state index contributed by atoms with van der Waals surface area (Å²) in [4.78, 5) is 63.8. The molecule has 0 unspecified atom stereocenters. The molecule has 2 aromatic carbocycles. The van der Waals surface area contributed by atoms with Gasteiger partial charge in [-0.3, -0.25) is 28.3 Å². The second-order valence-corrected chi connectivity index (χ2v) is 12.3. The van der Waals surface area contributed by atoms with E-state index >= 15 is 0 Å². The van der Waals surface area contributed by atoms with Crippen molar-refractivity contribution in [3.63, 3.8) is 0 Å². The van der Waals surface area contributed by atoms with Crippen LogP contribution in [-0.2, 0) is 9.53 Å². The smallest absolute Gasteiger partial charge is 0.408 e. The molecule has 0 aliphatic rings. The van der Waals surface area contributed by atoms with Crippen LogP contribution in [0, 0.1) is 0 Å². The minimum absolute atomic E-state index is 0.0647. The van der Waals surface area contributed by atoms with Crippen molar-refractivity contribution in [3.05, 3.63) is 68.9 Å². The fourth-order valence-electron chi connectivity index (χ4n) is 4.49. The number of hydrogen-bond donors (Lipinski definition) is 2. The summed E-state index contributed by atoms with van der Waals surface area (Å²) in [7, 11) is 0. The van der Waals surface area contributed by atoms with Gasteiger partial charge < -0.3 is 15.4 Å². The van der Waals surface area contributed by atoms with E-state index in [2.05, 4.69) is 42.5 Å². The van der Waals surface area contributed by atoms with Crippen LogP contribution in [-0.4, -0.2) is 50.9 Å². The largest absolute Gasteiger partial charge is 0.444 e. The molecule has 214 valence electrons. The molecule has 0 aliphatic heterocycles. The van der Waals surface area contributed by atoms with Crippen molar-refractivity contribution in [2.45, 2.75) is 46.3 Å². The van der Waals surface area contributed by atoms with Gasteiger partial charge in [-0.05, 0) is 45.0 Å². The van der Waals surface area contributed by atoms with Gasteiger partial charge in [0.05, 0.1) is 22.6 Å². The molecule has 0 saturated heterocycles. The number of alkyl carbamates (subject to hydrolysis) is 1. The summed E-state index contributed by atoms with van der Waals surface area (Å²) in [5.41, 5.74) is 0.903. The lowest BCUT2D eigenvalue weighted by Gasteiger charge is -2.24. The fourth-order valence-corrected chi connectivity index (χ4v) is 5.19. The van der Waals surface area contributed by atoms with E-state index < -0.39 is 29.4 Å². The van der Waals surface area contributed by atoms with Crippen LogP contribution in [0.3, 0.4) is 0 Å². The molecule has 2 amide bonds. The van der Waals surface area contributed by atoms with Gasteiger partial charge >= 0.3 is 6.09 Å². The van der Waals surface area contributed by atoms with Crippen LogP contribution < -0.4 is 10.6 Å². The Kier molecular flexibility index (Phi) is 8.55. The first-order valence-corrected chi connectivity index (χ1v) is 14.2. The van der Waals surface area contributed by atoms with Crippen LogP contribution >= 0.6 is 31.9 Å². The van der Waals surface area contributed by atoms with Crippen molar-refractivity contribution in [2.24, 2.45) is 0 Å². The van der Waals surface area contributed by atoms with E-state index in [0.29, 0.717) is 31.8 Å². The molecule has 12 heteroatoms. The maximum atomic E-state index is 13.3. The van der Waals surface area contributed by atoms with Gasteiger partial charge in [0, 0.05) is 58.1 Å². The van der Waals surface area contributed by atoms with Crippen LogP contribution in [0.4, 0.5) is 4.79 Å². The molecule has 0 bridgehead atoms. The lowest BCUT2D eigenvalue weighted by Crippen LogP contribution is -2.42. The topological polar surface area (TPSA) is 128 Å². The molecule has 0 saturated carbocycles. The third-order valence-corrected chi connectivity index (χ3v) is 7.22. The summed E-state index contributed by atoms with van der Waals surface area (Å²) in [5, 5.41) is 6.48. The van der Waals surface area contributed by atoms with Crippen molar-refractivity contribution in [2.75, 3.05) is 6.54 Å². The van der Waals surface area contributed by atoms with E-state index in [1.807, 2.05) is 0 Å². The van der Waals surface area contributed by atoms with Gasteiger partial charge in [0.25, 0.3) is 11.7 Å². The minimum atomic E-state index is -0.926. The number of Topliss-reactive ketones (excluding diaryl/α,β-unsaturated/α-hetero) is 1. The number of amides is 2. The van der Waals surface area contributed by atoms with Gasteiger partial charge in [0.15, 0.2) is 0 Å². The Morgan fingerprint density at radius 1 is 0.854 bits per heavy atom. The highest BCUT2D eigenvalue weighted by atomic mass is 79.9. The van der Waals surface area contributed by atoms with E-state index in [9.17, 15) is 24.0 Å². The first-order valence-electron chi connectivity index (χ1n) is 12.6. The summed E-state index contributed by atoms with van der Waals surface area (Å²) in [5.74, 6) is -2.33. The van der Waals surface area contributed by atoms with E-state index in [4.69, 9.17) is 4.74 Å². The minimum Gasteiger partial charge on any atom is -0.444 e. The molecule has 0 spiro atoms. The molecule has 1 atom stereocenters. The molecular formula is C29H28Br2N4O6. The van der Waals surface area contributed by atoms with Crippen LogP contribution in [0.15, 0.2) is 57.7 Å². The first-order chi connectivity index (χ1) is 19.2. The third-order valence-electron chi connectivity index (χ3n) is 6.23. The molecular weight excluding hydrogens is 660 g/mol. The molecule has 0 aliphatic carbocycles. The standard InChI is InChI=1S/C29H28Br2N4O6/c1-15(36)34-13-21(19-8-6-17(30)10-24(19)34)23(33-28(40)41-29(3,4)5)12-32-27(39)26(38)22-14-35(16(2)37)25-11-18(31)7-9-20(22)25/h6-11,13-14,23H,12H2,1-5H3,(H,32,39)(H,33,40)/t23-/m1/s1. The zero-order valence-corrected chi connectivity index (χ0v) is 26.2. The number of ether oxygens (including phenoxy) is 1. The van der Waals surface area contributed by atoms with Crippen molar-refractivity contribution in [1.82, 2.24) is 19.8 Å². The number of halogens is 2. The van der Waals surface area contributed by atoms with Gasteiger partial charge in [-0.15, -0.1) is 0 Å². The molecule has 2 aromatic heterocycles. The number of carbonyl (C=O) groups is 5. The number of aromatic nitrogens is 2. The second kappa shape index (κ2) is 11.6. The van der Waals surface area contributed by atoms with Gasteiger partial charge in [-0.25, -0.2) is 4.79 Å². The predicted octanol–water partition coefficient (Wildman–Crippen LogP) is 6.01. The number of hydrogen-bond acceptors (Lipinski definition) is 6. The maximum Gasteiger partial charge on any atom is 0.408 e. The highest BCUT2D eigenvalue weighted by molar-refractivity contribution is 9.10. The summed E-state index contributed by atoms with van der Waals surface area (Å²) in [6.07, 6.45) is 2.20. The lowest BCUT2D eigenvalue weighted by molar-refractivity contribution is -0.117. The van der Waals surface area contributed by atoms with E-state index in [1.165, 1.54) is 29.2 Å². The highest BCUT2D eigenvalue weighted by Crippen LogP contribution is 2.30. The number of fused-ring (bicyclic) bond motifs is 2. The second-order valence-electron chi connectivity index (χ2n) is 10.5. The van der Waals surface area contributed by atoms with Crippen LogP contribution in [0.2, 0.25) is 0 Å². The fraction of sp³-hybridized carbons (Fsp3) is 0.276. The Hall–Kier alpha value is -3.77. The number of nitrogens with one attached hydrogen (secondary N) is 2. The molecule has 41 heavy (non-hydrogen) atoms. The molecule has 2 heterocycles. The number of rotatable bonds is 6. The first kappa shape index (κ1) is 30.2. The average Bonchev–Trinajstić information content (AvgIpc) is 3.43.